The Hall–Kier alpha value is -1.92. The fourth-order valence-corrected chi connectivity index (χ4v) is 5.49. The van der Waals surface area contributed by atoms with Crippen LogP contribution in [0.2, 0.25) is 0 Å². The minimum absolute atomic E-state index is 0.134. The number of rotatable bonds is 8. The maximum absolute atomic E-state index is 13.4. The van der Waals surface area contributed by atoms with Gasteiger partial charge in [0, 0.05) is 0 Å². The Morgan fingerprint density at radius 1 is 1.12 bits per heavy atom. The number of aromatic nitrogens is 1. The van der Waals surface area contributed by atoms with E-state index in [1.807, 2.05) is 24.3 Å². The molecule has 3 aromatic rings. The fourth-order valence-electron chi connectivity index (χ4n) is 2.60. The number of thiazole rings is 1. The van der Waals surface area contributed by atoms with Gasteiger partial charge in [0.2, 0.25) is 0 Å². The maximum Gasteiger partial charge on any atom is 0.357 e. The molecular formula is C18H21N2O4PS. The number of hydrogen-bond acceptors (Lipinski definition) is 7. The summed E-state index contributed by atoms with van der Waals surface area (Å²) in [5.41, 5.74) is 1.55. The van der Waals surface area contributed by atoms with Gasteiger partial charge in [0.25, 0.3) is 0 Å². The highest BCUT2D eigenvalue weighted by molar-refractivity contribution is 7.54. The van der Waals surface area contributed by atoms with E-state index in [1.165, 1.54) is 11.3 Å². The Bertz CT molecular complexity index is 870. The third-order valence-electron chi connectivity index (χ3n) is 3.70. The number of para-hydroxylation sites is 1. The molecule has 1 heterocycles. The van der Waals surface area contributed by atoms with Crippen LogP contribution in [-0.2, 0) is 13.6 Å². The lowest BCUT2D eigenvalue weighted by Crippen LogP contribution is -2.15. The minimum Gasteiger partial charge on any atom is -0.508 e. The summed E-state index contributed by atoms with van der Waals surface area (Å²) in [6.45, 7) is 4.06. The zero-order valence-corrected chi connectivity index (χ0v) is 16.3. The van der Waals surface area contributed by atoms with Gasteiger partial charge in [0.05, 0.1) is 23.4 Å². The quantitative estimate of drug-likeness (QED) is 0.501. The van der Waals surface area contributed by atoms with Crippen LogP contribution in [0, 0.1) is 0 Å². The number of fused-ring (bicyclic) bond motifs is 1. The highest BCUT2D eigenvalue weighted by Gasteiger charge is 2.37. The summed E-state index contributed by atoms with van der Waals surface area (Å²) in [6, 6.07) is 14.3. The fraction of sp³-hybridized carbons (Fsp3) is 0.278. The zero-order chi connectivity index (χ0) is 18.6. The summed E-state index contributed by atoms with van der Waals surface area (Å²) in [4.78, 5) is 4.56. The summed E-state index contributed by atoms with van der Waals surface area (Å²) in [6.07, 6.45) is 0. The summed E-state index contributed by atoms with van der Waals surface area (Å²) < 4.78 is 25.6. The highest BCUT2D eigenvalue weighted by Crippen LogP contribution is 2.61. The topological polar surface area (TPSA) is 80.7 Å². The van der Waals surface area contributed by atoms with Crippen LogP contribution < -0.4 is 5.32 Å². The number of phenols is 1. The number of benzene rings is 2. The van der Waals surface area contributed by atoms with Crippen LogP contribution in [0.1, 0.15) is 25.2 Å². The number of nitrogens with one attached hydrogen (secondary N) is 1. The van der Waals surface area contributed by atoms with Crippen LogP contribution in [0.5, 0.6) is 5.75 Å². The molecule has 138 valence electrons. The molecule has 26 heavy (non-hydrogen) atoms. The van der Waals surface area contributed by atoms with E-state index in [0.29, 0.717) is 10.7 Å². The van der Waals surface area contributed by atoms with E-state index < -0.39 is 13.4 Å². The largest absolute Gasteiger partial charge is 0.508 e. The second-order valence-corrected chi connectivity index (χ2v) is 8.64. The average molecular weight is 392 g/mol. The number of nitrogens with zero attached hydrogens (tertiary/aromatic N) is 1. The summed E-state index contributed by atoms with van der Waals surface area (Å²) in [5, 5.41) is 13.4. The van der Waals surface area contributed by atoms with E-state index in [4.69, 9.17) is 9.05 Å². The van der Waals surface area contributed by atoms with Crippen molar-refractivity contribution < 1.29 is 18.7 Å². The van der Waals surface area contributed by atoms with Crippen molar-refractivity contribution in [2.45, 2.75) is 19.6 Å². The molecule has 3 rings (SSSR count). The Balaban J connectivity index is 2.01. The van der Waals surface area contributed by atoms with Crippen LogP contribution in [0.15, 0.2) is 48.5 Å². The van der Waals surface area contributed by atoms with Crippen LogP contribution in [-0.4, -0.2) is 23.3 Å². The van der Waals surface area contributed by atoms with Crippen LogP contribution in [0.3, 0.4) is 0 Å². The van der Waals surface area contributed by atoms with Crippen molar-refractivity contribution in [2.75, 3.05) is 18.5 Å². The molecule has 0 spiro atoms. The molecule has 1 unspecified atom stereocenters. The number of anilines is 1. The second kappa shape index (κ2) is 8.18. The molecule has 0 saturated heterocycles. The van der Waals surface area contributed by atoms with Gasteiger partial charge < -0.3 is 19.5 Å². The molecule has 0 aliphatic rings. The molecule has 8 heteroatoms. The average Bonchev–Trinajstić information content (AvgIpc) is 3.03. The van der Waals surface area contributed by atoms with Gasteiger partial charge in [0.1, 0.15) is 5.75 Å². The minimum atomic E-state index is -3.50. The predicted molar refractivity (Wildman–Crippen MR) is 105 cm³/mol. The maximum atomic E-state index is 13.4. The number of phenolic OH excluding ortho intramolecular Hbond substituents is 1. The van der Waals surface area contributed by atoms with Gasteiger partial charge in [0.15, 0.2) is 10.9 Å². The van der Waals surface area contributed by atoms with Gasteiger partial charge in [-0.05, 0) is 43.7 Å². The molecule has 0 saturated carbocycles. The molecule has 0 fully saturated rings. The third kappa shape index (κ3) is 4.07. The van der Waals surface area contributed by atoms with E-state index in [1.54, 1.807) is 38.1 Å². The first-order valence-corrected chi connectivity index (χ1v) is 10.8. The normalized spacial score (nSPS) is 13.0. The molecule has 2 aromatic carbocycles. The van der Waals surface area contributed by atoms with Crippen LogP contribution in [0.25, 0.3) is 10.2 Å². The lowest BCUT2D eigenvalue weighted by molar-refractivity contribution is 0.214. The van der Waals surface area contributed by atoms with Gasteiger partial charge >= 0.3 is 7.60 Å². The van der Waals surface area contributed by atoms with Gasteiger partial charge in [-0.15, -0.1) is 0 Å². The van der Waals surface area contributed by atoms with Crippen molar-refractivity contribution >= 4 is 34.3 Å². The highest BCUT2D eigenvalue weighted by atomic mass is 32.1. The molecule has 0 bridgehead atoms. The molecule has 0 aliphatic carbocycles. The number of hydrogen-bond donors (Lipinski definition) is 2. The van der Waals surface area contributed by atoms with Crippen molar-refractivity contribution in [2.24, 2.45) is 0 Å². The van der Waals surface area contributed by atoms with Gasteiger partial charge in [-0.3, -0.25) is 4.57 Å². The van der Waals surface area contributed by atoms with Crippen molar-refractivity contribution in [3.05, 3.63) is 54.1 Å². The van der Waals surface area contributed by atoms with Crippen molar-refractivity contribution in [1.29, 1.82) is 0 Å². The Kier molecular flexibility index (Phi) is 5.94. The van der Waals surface area contributed by atoms with E-state index in [-0.39, 0.29) is 19.0 Å². The standard InChI is InChI=1S/C18H21N2O4PS/c1-3-23-25(22,24-4-2)17(13-9-11-14(21)12-10-13)20-18-19-15-7-5-6-8-16(15)26-18/h5-12,17,21H,3-4H2,1-2H3,(H,19,20). The summed E-state index contributed by atoms with van der Waals surface area (Å²) in [7, 11) is -3.50. The van der Waals surface area contributed by atoms with Crippen LogP contribution in [0.4, 0.5) is 5.13 Å². The Morgan fingerprint density at radius 2 is 1.77 bits per heavy atom. The molecule has 0 aliphatic heterocycles. The van der Waals surface area contributed by atoms with Gasteiger partial charge in [-0.1, -0.05) is 35.6 Å². The van der Waals surface area contributed by atoms with Gasteiger partial charge in [-0.2, -0.15) is 0 Å². The molecular weight excluding hydrogens is 371 g/mol. The molecule has 2 N–H and O–H groups in total. The van der Waals surface area contributed by atoms with Crippen molar-refractivity contribution in [3.63, 3.8) is 0 Å². The zero-order valence-electron chi connectivity index (χ0n) is 14.6. The molecule has 0 amide bonds. The molecule has 6 nitrogen and oxygen atoms in total. The molecule has 1 atom stereocenters. The summed E-state index contributed by atoms with van der Waals surface area (Å²) >= 11 is 1.47. The molecule has 1 aromatic heterocycles. The summed E-state index contributed by atoms with van der Waals surface area (Å²) in [5.74, 6) is -0.598. The lowest BCUT2D eigenvalue weighted by atomic mass is 10.2. The third-order valence-corrected chi connectivity index (χ3v) is 6.96. The first-order valence-electron chi connectivity index (χ1n) is 8.35. The first-order chi connectivity index (χ1) is 12.6. The van der Waals surface area contributed by atoms with Gasteiger partial charge in [-0.25, -0.2) is 4.98 Å². The van der Waals surface area contributed by atoms with Crippen LogP contribution >= 0.6 is 18.9 Å². The molecule has 0 radical (unpaired) electrons. The number of aromatic hydroxyl groups is 1. The second-order valence-electron chi connectivity index (χ2n) is 5.50. The van der Waals surface area contributed by atoms with E-state index in [2.05, 4.69) is 10.3 Å². The van der Waals surface area contributed by atoms with Crippen molar-refractivity contribution in [3.8, 4) is 5.75 Å². The SMILES string of the molecule is CCOP(=O)(OCC)C(Nc1nc2ccccc2s1)c1ccc(O)cc1. The smallest absolute Gasteiger partial charge is 0.357 e. The van der Waals surface area contributed by atoms with E-state index in [9.17, 15) is 9.67 Å². The van der Waals surface area contributed by atoms with Crippen molar-refractivity contribution in [1.82, 2.24) is 4.98 Å². The predicted octanol–water partition coefficient (Wildman–Crippen LogP) is 5.38. The first kappa shape index (κ1) is 18.9. The Morgan fingerprint density at radius 3 is 2.38 bits per heavy atom. The lowest BCUT2D eigenvalue weighted by Gasteiger charge is -2.27. The Labute approximate surface area is 156 Å². The van der Waals surface area contributed by atoms with E-state index >= 15 is 0 Å². The van der Waals surface area contributed by atoms with E-state index in [0.717, 1.165) is 10.2 Å². The monoisotopic (exact) mass is 392 g/mol.